The third-order valence-electron chi connectivity index (χ3n) is 2.76. The van der Waals surface area contributed by atoms with Gasteiger partial charge < -0.3 is 10.0 Å². The van der Waals surface area contributed by atoms with Gasteiger partial charge in [0.05, 0.1) is 17.1 Å². The quantitative estimate of drug-likeness (QED) is 0.837. The van der Waals surface area contributed by atoms with Crippen LogP contribution in [0.5, 0.6) is 0 Å². The van der Waals surface area contributed by atoms with Crippen molar-refractivity contribution in [3.8, 4) is 0 Å². The number of carbonyl (C=O) groups excluding carboxylic acids is 1. The molecule has 0 saturated carbocycles. The Kier molecular flexibility index (Phi) is 2.91. The number of carboxylic acids is 1. The molecule has 1 atom stereocenters. The zero-order valence-corrected chi connectivity index (χ0v) is 9.66. The lowest BCUT2D eigenvalue weighted by Crippen LogP contribution is -2.29. The van der Waals surface area contributed by atoms with Gasteiger partial charge >= 0.3 is 5.97 Å². The van der Waals surface area contributed by atoms with Crippen LogP contribution in [0.15, 0.2) is 5.51 Å². The van der Waals surface area contributed by atoms with Crippen LogP contribution in [0.25, 0.3) is 0 Å². The molecule has 0 aliphatic carbocycles. The normalized spacial score (nSPS) is 20.1. The van der Waals surface area contributed by atoms with Crippen LogP contribution in [-0.2, 0) is 4.79 Å². The van der Waals surface area contributed by atoms with Crippen molar-refractivity contribution in [1.82, 2.24) is 9.88 Å². The molecular weight excluding hydrogens is 228 g/mol. The van der Waals surface area contributed by atoms with Gasteiger partial charge in [-0.2, -0.15) is 0 Å². The molecule has 16 heavy (non-hydrogen) atoms. The fourth-order valence-electron chi connectivity index (χ4n) is 1.80. The number of rotatable bonds is 2. The van der Waals surface area contributed by atoms with E-state index < -0.39 is 11.9 Å². The third-order valence-corrected chi connectivity index (χ3v) is 3.68. The number of thiazole rings is 1. The summed E-state index contributed by atoms with van der Waals surface area (Å²) in [7, 11) is 0. The number of aryl methyl sites for hydroxylation is 1. The van der Waals surface area contributed by atoms with Crippen LogP contribution in [0.3, 0.4) is 0 Å². The predicted molar refractivity (Wildman–Crippen MR) is 58.5 cm³/mol. The molecule has 0 aromatic carbocycles. The Balaban J connectivity index is 2.08. The molecule has 1 aromatic heterocycles. The Bertz CT molecular complexity index is 429. The Hall–Kier alpha value is -1.43. The fourth-order valence-corrected chi connectivity index (χ4v) is 2.57. The molecule has 1 N–H and O–H groups in total. The van der Waals surface area contributed by atoms with Gasteiger partial charge in [-0.3, -0.25) is 9.59 Å². The highest BCUT2D eigenvalue weighted by Gasteiger charge is 2.32. The van der Waals surface area contributed by atoms with Crippen LogP contribution < -0.4 is 0 Å². The van der Waals surface area contributed by atoms with Crippen molar-refractivity contribution in [1.29, 1.82) is 0 Å². The smallest absolute Gasteiger partial charge is 0.308 e. The Morgan fingerprint density at radius 3 is 2.88 bits per heavy atom. The topological polar surface area (TPSA) is 70.5 Å². The van der Waals surface area contributed by atoms with E-state index in [1.165, 1.54) is 11.3 Å². The molecule has 1 aliphatic rings. The molecular formula is C10H12N2O3S. The van der Waals surface area contributed by atoms with Gasteiger partial charge in [0.2, 0.25) is 0 Å². The van der Waals surface area contributed by atoms with E-state index in [-0.39, 0.29) is 5.91 Å². The molecule has 1 aromatic rings. The largest absolute Gasteiger partial charge is 0.481 e. The average molecular weight is 240 g/mol. The maximum atomic E-state index is 12.0. The number of hydrogen-bond donors (Lipinski definition) is 1. The monoisotopic (exact) mass is 240 g/mol. The molecule has 0 radical (unpaired) electrons. The summed E-state index contributed by atoms with van der Waals surface area (Å²) in [6.07, 6.45) is 0.541. The molecule has 2 rings (SSSR count). The summed E-state index contributed by atoms with van der Waals surface area (Å²) in [6.45, 7) is 2.62. The summed E-state index contributed by atoms with van der Waals surface area (Å²) >= 11 is 1.30. The molecule has 6 heteroatoms. The van der Waals surface area contributed by atoms with Gasteiger partial charge in [-0.15, -0.1) is 11.3 Å². The number of amides is 1. The summed E-state index contributed by atoms with van der Waals surface area (Å²) < 4.78 is 0. The molecule has 0 bridgehead atoms. The Morgan fingerprint density at radius 1 is 1.62 bits per heavy atom. The number of likely N-dealkylation sites (tertiary alicyclic amines) is 1. The lowest BCUT2D eigenvalue weighted by atomic mass is 10.1. The highest BCUT2D eigenvalue weighted by atomic mass is 32.1. The Morgan fingerprint density at radius 2 is 2.38 bits per heavy atom. The lowest BCUT2D eigenvalue weighted by molar-refractivity contribution is -0.141. The SMILES string of the molecule is Cc1ncsc1C(=O)N1CC[C@H](C(=O)O)C1. The van der Waals surface area contributed by atoms with Crippen molar-refractivity contribution in [3.05, 3.63) is 16.1 Å². The molecule has 2 heterocycles. The van der Waals surface area contributed by atoms with Gasteiger partial charge in [-0.05, 0) is 13.3 Å². The first-order valence-electron chi connectivity index (χ1n) is 5.01. The molecule has 0 unspecified atom stereocenters. The maximum Gasteiger partial charge on any atom is 0.308 e. The van der Waals surface area contributed by atoms with Crippen LogP contribution in [0, 0.1) is 12.8 Å². The maximum absolute atomic E-state index is 12.0. The number of carboxylic acid groups (broad SMARTS) is 1. The average Bonchev–Trinajstić information content (AvgIpc) is 2.84. The highest BCUT2D eigenvalue weighted by Crippen LogP contribution is 2.21. The van der Waals surface area contributed by atoms with Crippen molar-refractivity contribution < 1.29 is 14.7 Å². The van der Waals surface area contributed by atoms with Gasteiger partial charge in [0, 0.05) is 13.1 Å². The molecule has 1 amide bonds. The molecule has 1 saturated heterocycles. The van der Waals surface area contributed by atoms with Crippen molar-refractivity contribution in [3.63, 3.8) is 0 Å². The predicted octanol–water partition coefficient (Wildman–Crippen LogP) is 0.998. The van der Waals surface area contributed by atoms with E-state index in [0.29, 0.717) is 30.1 Å². The van der Waals surface area contributed by atoms with Crippen molar-refractivity contribution in [2.24, 2.45) is 5.92 Å². The first-order chi connectivity index (χ1) is 7.59. The minimum absolute atomic E-state index is 0.0937. The molecule has 86 valence electrons. The van der Waals surface area contributed by atoms with Crippen LogP contribution in [-0.4, -0.2) is 40.0 Å². The van der Waals surface area contributed by atoms with Crippen LogP contribution in [0.1, 0.15) is 21.8 Å². The number of aromatic nitrogens is 1. The summed E-state index contributed by atoms with van der Waals surface area (Å²) in [6, 6.07) is 0. The van der Waals surface area contributed by atoms with Gasteiger partial charge in [0.15, 0.2) is 0 Å². The van der Waals surface area contributed by atoms with E-state index in [4.69, 9.17) is 5.11 Å². The first-order valence-corrected chi connectivity index (χ1v) is 5.89. The third kappa shape index (κ3) is 1.92. The zero-order chi connectivity index (χ0) is 11.7. The Labute approximate surface area is 96.7 Å². The van der Waals surface area contributed by atoms with Gasteiger partial charge in [-0.1, -0.05) is 0 Å². The second-order valence-corrected chi connectivity index (χ2v) is 4.70. The van der Waals surface area contributed by atoms with Crippen LogP contribution in [0.2, 0.25) is 0 Å². The van der Waals surface area contributed by atoms with Crippen molar-refractivity contribution in [2.75, 3.05) is 13.1 Å². The van der Waals surface area contributed by atoms with E-state index in [0.717, 1.165) is 0 Å². The van der Waals surface area contributed by atoms with E-state index >= 15 is 0 Å². The molecule has 1 aliphatic heterocycles. The number of nitrogens with zero attached hydrogens (tertiary/aromatic N) is 2. The standard InChI is InChI=1S/C10H12N2O3S/c1-6-8(16-5-11-6)9(13)12-3-2-7(4-12)10(14)15/h5,7H,2-4H2,1H3,(H,14,15)/t7-/m0/s1. The molecule has 1 fully saturated rings. The van der Waals surface area contributed by atoms with E-state index in [1.54, 1.807) is 17.3 Å². The summed E-state index contributed by atoms with van der Waals surface area (Å²) in [5.74, 6) is -1.34. The number of aliphatic carboxylic acids is 1. The fraction of sp³-hybridized carbons (Fsp3) is 0.500. The van der Waals surface area contributed by atoms with E-state index in [9.17, 15) is 9.59 Å². The second-order valence-electron chi connectivity index (χ2n) is 3.84. The van der Waals surface area contributed by atoms with E-state index in [2.05, 4.69) is 4.98 Å². The minimum Gasteiger partial charge on any atom is -0.481 e. The van der Waals surface area contributed by atoms with Gasteiger partial charge in [0.25, 0.3) is 5.91 Å². The second kappa shape index (κ2) is 4.21. The molecule has 5 nitrogen and oxygen atoms in total. The van der Waals surface area contributed by atoms with Crippen LogP contribution in [0.4, 0.5) is 0 Å². The van der Waals surface area contributed by atoms with Crippen molar-refractivity contribution in [2.45, 2.75) is 13.3 Å². The zero-order valence-electron chi connectivity index (χ0n) is 8.84. The minimum atomic E-state index is -0.823. The lowest BCUT2D eigenvalue weighted by Gasteiger charge is -2.14. The van der Waals surface area contributed by atoms with Gasteiger partial charge in [0.1, 0.15) is 4.88 Å². The highest BCUT2D eigenvalue weighted by molar-refractivity contribution is 7.11. The van der Waals surface area contributed by atoms with Crippen LogP contribution >= 0.6 is 11.3 Å². The first kappa shape index (κ1) is 11.1. The van der Waals surface area contributed by atoms with Crippen molar-refractivity contribution >= 4 is 23.2 Å². The number of carbonyl (C=O) groups is 2. The number of hydrogen-bond acceptors (Lipinski definition) is 4. The van der Waals surface area contributed by atoms with Gasteiger partial charge in [-0.25, -0.2) is 4.98 Å². The summed E-state index contributed by atoms with van der Waals surface area (Å²) in [5.41, 5.74) is 2.35. The molecule has 0 spiro atoms. The summed E-state index contributed by atoms with van der Waals surface area (Å²) in [5, 5.41) is 8.85. The summed E-state index contributed by atoms with van der Waals surface area (Å²) in [4.78, 5) is 29.0. The van der Waals surface area contributed by atoms with E-state index in [1.807, 2.05) is 0 Å².